The normalized spacial score (nSPS) is 12.0. The van der Waals surface area contributed by atoms with Crippen molar-refractivity contribution in [1.29, 1.82) is 0 Å². The molecule has 140 valence electrons. The van der Waals surface area contributed by atoms with Gasteiger partial charge in [-0.05, 0) is 42.5 Å². The summed E-state index contributed by atoms with van der Waals surface area (Å²) >= 11 is 5.99. The van der Waals surface area contributed by atoms with Crippen LogP contribution in [0.25, 0.3) is 10.9 Å². The molecule has 0 saturated carbocycles. The quantitative estimate of drug-likeness (QED) is 0.559. The van der Waals surface area contributed by atoms with E-state index in [1.807, 2.05) is 0 Å². The average Bonchev–Trinajstić information content (AvgIpc) is 2.67. The van der Waals surface area contributed by atoms with E-state index in [4.69, 9.17) is 21.4 Å². The second-order valence-electron chi connectivity index (χ2n) is 5.77. The lowest BCUT2D eigenvalue weighted by Gasteiger charge is -2.14. The molecule has 0 radical (unpaired) electrons. The predicted molar refractivity (Wildman–Crippen MR) is 99.8 cm³/mol. The summed E-state index contributed by atoms with van der Waals surface area (Å²) in [6.07, 6.45) is 0.382. The molecule has 1 heterocycles. The van der Waals surface area contributed by atoms with E-state index < -0.39 is 31.1 Å². The Bertz CT molecular complexity index is 983. The number of hydrogen-bond donors (Lipinski definition) is 3. The molecule has 27 heavy (non-hydrogen) atoms. The molecule has 3 N–H and O–H groups in total. The minimum Gasteiger partial charge on any atom is -0.459 e. The zero-order valence-electron chi connectivity index (χ0n) is 14.0. The first-order valence-electron chi connectivity index (χ1n) is 8.05. The number of hydrogen-bond acceptors (Lipinski definition) is 6. The number of carbonyl (C=O) groups is 1. The van der Waals surface area contributed by atoms with Gasteiger partial charge in [-0.15, -0.1) is 0 Å². The van der Waals surface area contributed by atoms with Gasteiger partial charge in [-0.1, -0.05) is 11.6 Å². The first kappa shape index (κ1) is 19.0. The molecule has 0 aliphatic carbocycles. The van der Waals surface area contributed by atoms with Crippen LogP contribution in [0.15, 0.2) is 48.7 Å². The van der Waals surface area contributed by atoms with Crippen molar-refractivity contribution < 1.29 is 24.1 Å². The van der Waals surface area contributed by atoms with E-state index in [1.54, 1.807) is 30.5 Å². The molecule has 1 atom stereocenters. The van der Waals surface area contributed by atoms with Crippen LogP contribution in [0.5, 0.6) is 0 Å². The number of halogens is 2. The Labute approximate surface area is 159 Å². The van der Waals surface area contributed by atoms with Crippen molar-refractivity contribution in [2.24, 2.45) is 0 Å². The van der Waals surface area contributed by atoms with E-state index in [0.29, 0.717) is 21.9 Å². The van der Waals surface area contributed by atoms with Crippen molar-refractivity contribution in [2.45, 2.75) is 6.10 Å². The first-order valence-corrected chi connectivity index (χ1v) is 8.42. The molecular weight excluding hydrogens is 375 g/mol. The number of aromatic nitrogens is 1. The number of nitrogens with one attached hydrogen (secondary N) is 1. The molecule has 2 aromatic carbocycles. The topological polar surface area (TPSA) is 91.7 Å². The van der Waals surface area contributed by atoms with E-state index in [1.165, 1.54) is 12.1 Å². The molecule has 3 rings (SSSR count). The third kappa shape index (κ3) is 4.51. The first-order chi connectivity index (χ1) is 13.0. The van der Waals surface area contributed by atoms with E-state index in [9.17, 15) is 14.3 Å². The third-order valence-electron chi connectivity index (χ3n) is 3.79. The summed E-state index contributed by atoms with van der Waals surface area (Å²) in [6.45, 7) is -0.949. The van der Waals surface area contributed by atoms with Gasteiger partial charge in [-0.2, -0.15) is 0 Å². The Morgan fingerprint density at radius 1 is 1.22 bits per heavy atom. The van der Waals surface area contributed by atoms with E-state index in [0.717, 1.165) is 11.5 Å². The summed E-state index contributed by atoms with van der Waals surface area (Å²) < 4.78 is 18.6. The summed E-state index contributed by atoms with van der Waals surface area (Å²) in [5.74, 6) is -1.44. The van der Waals surface area contributed by atoms with E-state index in [2.05, 4.69) is 10.3 Å². The summed E-state index contributed by atoms with van der Waals surface area (Å²) in [5, 5.41) is 22.5. The van der Waals surface area contributed by atoms with Gasteiger partial charge in [0, 0.05) is 22.3 Å². The van der Waals surface area contributed by atoms with E-state index in [-0.39, 0.29) is 5.56 Å². The lowest BCUT2D eigenvalue weighted by Crippen LogP contribution is -2.22. The van der Waals surface area contributed by atoms with Gasteiger partial charge in [0.05, 0.1) is 23.4 Å². The van der Waals surface area contributed by atoms with Gasteiger partial charge >= 0.3 is 5.97 Å². The van der Waals surface area contributed by atoms with E-state index >= 15 is 0 Å². The summed E-state index contributed by atoms with van der Waals surface area (Å²) in [6, 6.07) is 10.6. The Morgan fingerprint density at radius 2 is 2.04 bits per heavy atom. The van der Waals surface area contributed by atoms with Crippen molar-refractivity contribution in [2.75, 3.05) is 18.5 Å². The third-order valence-corrected chi connectivity index (χ3v) is 4.03. The van der Waals surface area contributed by atoms with Gasteiger partial charge in [0.15, 0.2) is 0 Å². The monoisotopic (exact) mass is 390 g/mol. The fourth-order valence-electron chi connectivity index (χ4n) is 2.47. The number of anilines is 2. The minimum atomic E-state index is -1.20. The van der Waals surface area contributed by atoms with Gasteiger partial charge in [0.2, 0.25) is 0 Å². The summed E-state index contributed by atoms with van der Waals surface area (Å²) in [4.78, 5) is 16.5. The van der Waals surface area contributed by atoms with Crippen molar-refractivity contribution in [1.82, 2.24) is 4.98 Å². The van der Waals surface area contributed by atoms with Crippen LogP contribution in [0, 0.1) is 5.82 Å². The number of aliphatic hydroxyl groups is 2. The number of nitrogens with zero attached hydrogens (tertiary/aromatic N) is 1. The zero-order valence-corrected chi connectivity index (χ0v) is 14.8. The highest BCUT2D eigenvalue weighted by atomic mass is 35.5. The number of aliphatic hydroxyl groups excluding tert-OH is 2. The number of fused-ring (bicyclic) bond motifs is 1. The van der Waals surface area contributed by atoms with Gasteiger partial charge < -0.3 is 20.3 Å². The van der Waals surface area contributed by atoms with Crippen molar-refractivity contribution in [3.05, 3.63) is 65.1 Å². The number of pyridine rings is 1. The Morgan fingerprint density at radius 3 is 2.81 bits per heavy atom. The molecule has 0 bridgehead atoms. The lowest BCUT2D eigenvalue weighted by molar-refractivity contribution is 0.00938. The van der Waals surface area contributed by atoms with Crippen molar-refractivity contribution in [3.63, 3.8) is 0 Å². The van der Waals surface area contributed by atoms with Gasteiger partial charge in [-0.3, -0.25) is 4.98 Å². The van der Waals surface area contributed by atoms with Gasteiger partial charge in [0.25, 0.3) is 0 Å². The summed E-state index contributed by atoms with van der Waals surface area (Å²) in [7, 11) is 0. The summed E-state index contributed by atoms with van der Waals surface area (Å²) in [5.41, 5.74) is 1.58. The molecule has 1 aromatic heterocycles. The second kappa shape index (κ2) is 8.30. The lowest BCUT2D eigenvalue weighted by atomic mass is 10.1. The molecule has 0 aliphatic heterocycles. The second-order valence-corrected chi connectivity index (χ2v) is 6.21. The molecule has 8 heteroatoms. The Balaban J connectivity index is 1.93. The molecular formula is C19H16ClFN2O4. The Kier molecular flexibility index (Phi) is 5.85. The van der Waals surface area contributed by atoms with Crippen LogP contribution >= 0.6 is 11.6 Å². The average molecular weight is 391 g/mol. The fourth-order valence-corrected chi connectivity index (χ4v) is 2.64. The van der Waals surface area contributed by atoms with Crippen LogP contribution in [-0.4, -0.2) is 40.5 Å². The van der Waals surface area contributed by atoms with Crippen LogP contribution in [0.1, 0.15) is 10.4 Å². The Hall–Kier alpha value is -2.74. The molecule has 0 aliphatic rings. The molecule has 0 saturated heterocycles. The number of esters is 1. The maximum atomic E-state index is 13.7. The van der Waals surface area contributed by atoms with Crippen molar-refractivity contribution >= 4 is 39.8 Å². The standard InChI is InChI=1S/C19H16ClFN2O4/c20-11-1-3-14-17(5-6-22-18(14)7-11)23-16-4-2-12(21)8-15(16)19(26)27-10-13(25)9-24/h1-8,13,24-25H,9-10H2,(H,22,23). The SMILES string of the molecule is O=C(OCC(O)CO)c1cc(F)ccc1Nc1ccnc2cc(Cl)ccc12. The van der Waals surface area contributed by atoms with Crippen LogP contribution in [0.3, 0.4) is 0 Å². The maximum absolute atomic E-state index is 13.7. The zero-order chi connectivity index (χ0) is 19.4. The fraction of sp³-hybridized carbons (Fsp3) is 0.158. The minimum absolute atomic E-state index is 0.0425. The molecule has 3 aromatic rings. The molecule has 6 nitrogen and oxygen atoms in total. The largest absolute Gasteiger partial charge is 0.459 e. The highest BCUT2D eigenvalue weighted by Gasteiger charge is 2.17. The van der Waals surface area contributed by atoms with Crippen LogP contribution in [-0.2, 0) is 4.74 Å². The molecule has 1 unspecified atom stereocenters. The van der Waals surface area contributed by atoms with Gasteiger partial charge in [0.1, 0.15) is 18.5 Å². The number of benzene rings is 2. The van der Waals surface area contributed by atoms with Gasteiger partial charge in [-0.25, -0.2) is 9.18 Å². The molecule has 0 fully saturated rings. The predicted octanol–water partition coefficient (Wildman–Crippen LogP) is 3.28. The molecule has 0 spiro atoms. The molecule has 0 amide bonds. The van der Waals surface area contributed by atoms with Crippen LogP contribution < -0.4 is 5.32 Å². The van der Waals surface area contributed by atoms with Crippen LogP contribution in [0.2, 0.25) is 5.02 Å². The number of carbonyl (C=O) groups excluding carboxylic acids is 1. The van der Waals surface area contributed by atoms with Crippen molar-refractivity contribution in [3.8, 4) is 0 Å². The smallest absolute Gasteiger partial charge is 0.340 e. The highest BCUT2D eigenvalue weighted by molar-refractivity contribution is 6.31. The van der Waals surface area contributed by atoms with Crippen LogP contribution in [0.4, 0.5) is 15.8 Å². The number of rotatable bonds is 6. The highest BCUT2D eigenvalue weighted by Crippen LogP contribution is 2.29. The number of ether oxygens (including phenoxy) is 1. The maximum Gasteiger partial charge on any atom is 0.340 e.